The minimum atomic E-state index is -0.521. The third-order valence-corrected chi connectivity index (χ3v) is 8.56. The molecule has 0 spiro atoms. The lowest BCUT2D eigenvalue weighted by atomic mass is 9.88. The molecule has 0 amide bonds. The first-order chi connectivity index (χ1) is 25.2. The highest BCUT2D eigenvalue weighted by molar-refractivity contribution is 6.08. The van der Waals surface area contributed by atoms with Crippen molar-refractivity contribution >= 4 is 33.0 Å². The van der Waals surface area contributed by atoms with Crippen LogP contribution >= 0.6 is 0 Å². The van der Waals surface area contributed by atoms with Gasteiger partial charge < -0.3 is 0 Å². The van der Waals surface area contributed by atoms with Gasteiger partial charge in [-0.25, -0.2) is 27.5 Å². The van der Waals surface area contributed by atoms with Crippen molar-refractivity contribution in [2.45, 2.75) is 0 Å². The molecule has 7 aromatic rings. The fourth-order valence-corrected chi connectivity index (χ4v) is 6.19. The lowest BCUT2D eigenvalue weighted by molar-refractivity contribution is 0.627. The predicted octanol–water partition coefficient (Wildman–Crippen LogP) is 8.40. The molecule has 0 saturated heterocycles. The first-order valence-electron chi connectivity index (χ1n) is 15.5. The van der Waals surface area contributed by atoms with E-state index < -0.39 is 23.3 Å². The molecule has 0 aliphatic carbocycles. The normalized spacial score (nSPS) is 10.6. The Morgan fingerprint density at radius 1 is 0.404 bits per heavy atom. The highest BCUT2D eigenvalue weighted by Gasteiger charge is 2.22. The molecule has 6 nitrogen and oxygen atoms in total. The Morgan fingerprint density at radius 3 is 0.942 bits per heavy atom. The van der Waals surface area contributed by atoms with Crippen molar-refractivity contribution in [3.8, 4) is 69.0 Å². The minimum Gasteiger partial charge on any atom is -0.243 e. The molecule has 0 bridgehead atoms. The van der Waals surface area contributed by atoms with E-state index in [1.165, 1.54) is 97.1 Å². The van der Waals surface area contributed by atoms with Crippen molar-refractivity contribution in [1.82, 2.24) is 9.97 Å². The average molecular weight is 683 g/mol. The number of hydrogen-bond donors (Lipinski definition) is 0. The summed E-state index contributed by atoms with van der Waals surface area (Å²) in [5.74, 6) is -2.03. The molecule has 10 heteroatoms. The molecule has 0 N–H and O–H groups in total. The van der Waals surface area contributed by atoms with Gasteiger partial charge in [0.25, 0.3) is 0 Å². The lowest BCUT2D eigenvalue weighted by Gasteiger charge is -2.17. The summed E-state index contributed by atoms with van der Waals surface area (Å²) < 4.78 is 56.4. The standard InChI is InChI=1S/C42H18F4N6/c43-29-9-1-23(2-10-29)33-17-35-36(18-34(33)24-3-11-30(44)12-4-24)38(28(21-49)22-50)42-41(37(35)27(19-47)20-48)51-39(25-5-13-31(45)14-6-25)40(52-42)26-7-15-32(46)16-8-26/h1-18H. The summed E-state index contributed by atoms with van der Waals surface area (Å²) in [7, 11) is 0. The average Bonchev–Trinajstić information content (AvgIpc) is 3.16. The number of fused-ring (bicyclic) bond motifs is 2. The molecule has 0 unspecified atom stereocenters. The van der Waals surface area contributed by atoms with Gasteiger partial charge in [-0.2, -0.15) is 21.0 Å². The Bertz CT molecular complexity index is 2500. The van der Waals surface area contributed by atoms with Crippen LogP contribution in [0, 0.1) is 68.6 Å². The van der Waals surface area contributed by atoms with E-state index in [0.717, 1.165) is 0 Å². The van der Waals surface area contributed by atoms with E-state index in [4.69, 9.17) is 9.97 Å². The molecule has 52 heavy (non-hydrogen) atoms. The monoisotopic (exact) mass is 682 g/mol. The quantitative estimate of drug-likeness (QED) is 0.136. The van der Waals surface area contributed by atoms with Gasteiger partial charge in [0, 0.05) is 21.6 Å². The zero-order chi connectivity index (χ0) is 36.5. The minimum absolute atomic E-state index is 0.0200. The van der Waals surface area contributed by atoms with E-state index in [9.17, 15) is 38.6 Å². The van der Waals surface area contributed by atoms with Gasteiger partial charge in [-0.05, 0) is 118 Å². The van der Waals surface area contributed by atoms with Crippen LogP contribution in [0.5, 0.6) is 0 Å². The summed E-state index contributed by atoms with van der Waals surface area (Å²) in [6.45, 7) is 0. The van der Waals surface area contributed by atoms with Crippen molar-refractivity contribution in [2.75, 3.05) is 0 Å². The van der Waals surface area contributed by atoms with E-state index in [1.54, 1.807) is 12.1 Å². The maximum Gasteiger partial charge on any atom is 0.139 e. The maximum atomic E-state index is 14.1. The third kappa shape index (κ3) is 5.73. The molecule has 0 fully saturated rings. The first-order valence-corrected chi connectivity index (χ1v) is 15.5. The molecule has 1 aromatic heterocycles. The molecule has 0 aliphatic heterocycles. The summed E-state index contributed by atoms with van der Waals surface area (Å²) in [5, 5.41) is 41.7. The highest BCUT2D eigenvalue weighted by atomic mass is 19.1. The molecule has 7 rings (SSSR count). The first kappa shape index (κ1) is 32.9. The molecule has 0 radical (unpaired) electrons. The zero-order valence-corrected chi connectivity index (χ0v) is 26.6. The van der Waals surface area contributed by atoms with Crippen LogP contribution in [0.25, 0.3) is 77.7 Å². The van der Waals surface area contributed by atoms with Gasteiger partial charge >= 0.3 is 0 Å². The van der Waals surface area contributed by atoms with E-state index >= 15 is 0 Å². The van der Waals surface area contributed by atoms with E-state index in [2.05, 4.69) is 0 Å². The van der Waals surface area contributed by atoms with Crippen LogP contribution in [-0.2, 0) is 0 Å². The fraction of sp³-hybridized carbons (Fsp3) is 0. The molecule has 0 saturated carbocycles. The van der Waals surface area contributed by atoms with Crippen molar-refractivity contribution in [1.29, 1.82) is 21.0 Å². The SMILES string of the molecule is N#CC(C#N)=c1c2cc(-c3ccc(F)cc3)c(-c3ccc(F)cc3)cc2c(=C(C#N)C#N)c2nc(-c3ccc(F)cc3)c(-c3ccc(F)cc3)nc12. The predicted molar refractivity (Wildman–Crippen MR) is 187 cm³/mol. The second-order valence-electron chi connectivity index (χ2n) is 11.5. The smallest absolute Gasteiger partial charge is 0.139 e. The van der Waals surface area contributed by atoms with Gasteiger partial charge in [-0.3, -0.25) is 0 Å². The molecule has 0 aliphatic rings. The largest absolute Gasteiger partial charge is 0.243 e. The highest BCUT2D eigenvalue weighted by Crippen LogP contribution is 2.37. The van der Waals surface area contributed by atoms with E-state index in [1.807, 2.05) is 24.3 Å². The number of aromatic nitrogens is 2. The van der Waals surface area contributed by atoms with Gasteiger partial charge in [0.2, 0.25) is 0 Å². The number of hydrogen-bond acceptors (Lipinski definition) is 6. The van der Waals surface area contributed by atoms with Crippen molar-refractivity contribution in [3.05, 3.63) is 143 Å². The summed E-state index contributed by atoms with van der Waals surface area (Å²) in [6, 6.07) is 32.9. The van der Waals surface area contributed by atoms with Crippen LogP contribution in [0.1, 0.15) is 0 Å². The van der Waals surface area contributed by atoms with Crippen LogP contribution in [0.15, 0.2) is 109 Å². The maximum absolute atomic E-state index is 14.1. The second-order valence-corrected chi connectivity index (χ2v) is 11.5. The van der Waals surface area contributed by atoms with Gasteiger partial charge in [0.15, 0.2) is 0 Å². The Balaban J connectivity index is 1.79. The molecule has 0 atom stereocenters. The zero-order valence-electron chi connectivity index (χ0n) is 26.6. The van der Waals surface area contributed by atoms with Gasteiger partial charge in [0.1, 0.15) is 69.7 Å². The van der Waals surface area contributed by atoms with Crippen molar-refractivity contribution < 1.29 is 17.6 Å². The van der Waals surface area contributed by atoms with E-state index in [0.29, 0.717) is 33.4 Å². The van der Waals surface area contributed by atoms with Crippen LogP contribution in [0.2, 0.25) is 0 Å². The molecule has 1 heterocycles. The Kier molecular flexibility index (Phi) is 8.43. The summed E-state index contributed by atoms with van der Waals surface area (Å²) in [5.41, 5.74) is 2.40. The van der Waals surface area contributed by atoms with Crippen LogP contribution < -0.4 is 10.4 Å². The molecular formula is C42H18F4N6. The Morgan fingerprint density at radius 2 is 0.673 bits per heavy atom. The topological polar surface area (TPSA) is 121 Å². The number of nitriles is 4. The number of benzene rings is 6. The van der Waals surface area contributed by atoms with Crippen molar-refractivity contribution in [3.63, 3.8) is 0 Å². The summed E-state index contributed by atoms with van der Waals surface area (Å²) in [4.78, 5) is 9.86. The molecule has 6 aromatic carbocycles. The second kappa shape index (κ2) is 13.3. The molecular weight excluding hydrogens is 664 g/mol. The van der Waals surface area contributed by atoms with Crippen LogP contribution in [0.4, 0.5) is 17.6 Å². The summed E-state index contributed by atoms with van der Waals surface area (Å²) >= 11 is 0. The third-order valence-electron chi connectivity index (χ3n) is 8.56. The van der Waals surface area contributed by atoms with Crippen LogP contribution in [0.3, 0.4) is 0 Å². The van der Waals surface area contributed by atoms with Gasteiger partial charge in [-0.1, -0.05) is 24.3 Å². The number of rotatable bonds is 4. The van der Waals surface area contributed by atoms with Crippen LogP contribution in [-0.4, -0.2) is 9.97 Å². The number of nitrogens with zero attached hydrogens (tertiary/aromatic N) is 6. The Labute approximate surface area is 293 Å². The van der Waals surface area contributed by atoms with Gasteiger partial charge in [-0.15, -0.1) is 0 Å². The van der Waals surface area contributed by atoms with Gasteiger partial charge in [0.05, 0.1) is 11.4 Å². The van der Waals surface area contributed by atoms with Crippen molar-refractivity contribution in [2.24, 2.45) is 0 Å². The number of halogens is 4. The lowest BCUT2D eigenvalue weighted by Crippen LogP contribution is -2.22. The fourth-order valence-electron chi connectivity index (χ4n) is 6.19. The Hall–Kier alpha value is -7.66. The van der Waals surface area contributed by atoms with E-state index in [-0.39, 0.29) is 54.8 Å². The summed E-state index contributed by atoms with van der Waals surface area (Å²) in [6.07, 6.45) is 0. The molecule has 244 valence electrons.